The molecule has 0 fully saturated rings. The van der Waals surface area contributed by atoms with Gasteiger partial charge in [-0.25, -0.2) is 0 Å². The lowest BCUT2D eigenvalue weighted by Gasteiger charge is -2.17. The maximum Gasteiger partial charge on any atom is 0.231 e. The van der Waals surface area contributed by atoms with Crippen LogP contribution in [0.25, 0.3) is 0 Å². The molecule has 0 aliphatic carbocycles. The van der Waals surface area contributed by atoms with Gasteiger partial charge in [-0.15, -0.1) is 0 Å². The number of ether oxygens (including phenoxy) is 2. The normalized spacial score (nSPS) is 14.4. The van der Waals surface area contributed by atoms with Gasteiger partial charge >= 0.3 is 0 Å². The molecule has 4 heteroatoms. The highest BCUT2D eigenvalue weighted by Crippen LogP contribution is 2.41. The van der Waals surface area contributed by atoms with E-state index in [1.54, 1.807) is 0 Å². The van der Waals surface area contributed by atoms with Crippen LogP contribution in [0.15, 0.2) is 18.2 Å². The highest BCUT2D eigenvalue weighted by atomic mass is 35.5. The molecule has 1 atom stereocenters. The lowest BCUT2D eigenvalue weighted by Crippen LogP contribution is -2.05. The van der Waals surface area contributed by atoms with Gasteiger partial charge in [0.15, 0.2) is 11.5 Å². The van der Waals surface area contributed by atoms with Gasteiger partial charge in [-0.2, -0.15) is 0 Å². The lowest BCUT2D eigenvalue weighted by molar-refractivity contribution is -0.112. The highest BCUT2D eigenvalue weighted by Gasteiger charge is 2.24. The molecule has 0 bridgehead atoms. The molecule has 0 amide bonds. The van der Waals surface area contributed by atoms with E-state index in [0.717, 1.165) is 36.3 Å². The molecule has 1 aliphatic rings. The molecule has 0 spiro atoms. The standard InChI is InChI=1S/C15H19ClO3/c1-2-3-4-6-11(9-14(16)17)12-7-5-8-13-15(12)19-10-18-13/h5,7-8,11H,2-4,6,9-10H2,1H3/t11-/m1/s1. The molecule has 0 N–H and O–H groups in total. The summed E-state index contributed by atoms with van der Waals surface area (Å²) >= 11 is 5.58. The molecule has 1 aliphatic heterocycles. The first kappa shape index (κ1) is 14.2. The highest BCUT2D eigenvalue weighted by molar-refractivity contribution is 6.63. The van der Waals surface area contributed by atoms with Gasteiger partial charge in [-0.1, -0.05) is 38.3 Å². The van der Waals surface area contributed by atoms with Crippen LogP contribution in [0.4, 0.5) is 0 Å². The molecule has 104 valence electrons. The molecule has 0 unspecified atom stereocenters. The van der Waals surface area contributed by atoms with Crippen molar-refractivity contribution >= 4 is 16.8 Å². The monoisotopic (exact) mass is 282 g/mol. The quantitative estimate of drug-likeness (QED) is 0.554. The minimum Gasteiger partial charge on any atom is -0.454 e. The van der Waals surface area contributed by atoms with Crippen LogP contribution in [0.3, 0.4) is 0 Å². The van der Waals surface area contributed by atoms with E-state index >= 15 is 0 Å². The topological polar surface area (TPSA) is 35.5 Å². The summed E-state index contributed by atoms with van der Waals surface area (Å²) in [6.45, 7) is 2.42. The molecule has 1 heterocycles. The second-order valence-electron chi connectivity index (χ2n) is 4.83. The van der Waals surface area contributed by atoms with Gasteiger partial charge in [-0.05, 0) is 30.0 Å². The Morgan fingerprint density at radius 1 is 1.37 bits per heavy atom. The minimum absolute atomic E-state index is 0.119. The van der Waals surface area contributed by atoms with Crippen molar-refractivity contribution in [2.24, 2.45) is 0 Å². The van der Waals surface area contributed by atoms with Gasteiger partial charge in [-0.3, -0.25) is 4.79 Å². The Kier molecular flexibility index (Phi) is 5.08. The molecule has 2 rings (SSSR count). The molecule has 1 aromatic rings. The first-order valence-electron chi connectivity index (χ1n) is 6.79. The van der Waals surface area contributed by atoms with E-state index in [0.29, 0.717) is 6.42 Å². The van der Waals surface area contributed by atoms with Crippen LogP contribution in [-0.2, 0) is 4.79 Å². The minimum atomic E-state index is -0.294. The largest absolute Gasteiger partial charge is 0.454 e. The number of unbranched alkanes of at least 4 members (excludes halogenated alkanes) is 2. The van der Waals surface area contributed by atoms with Crippen molar-refractivity contribution in [2.45, 2.75) is 44.9 Å². The molecular weight excluding hydrogens is 264 g/mol. The van der Waals surface area contributed by atoms with Gasteiger partial charge in [0, 0.05) is 12.0 Å². The zero-order valence-corrected chi connectivity index (χ0v) is 11.9. The van der Waals surface area contributed by atoms with Crippen molar-refractivity contribution in [3.05, 3.63) is 23.8 Å². The van der Waals surface area contributed by atoms with Crippen LogP contribution in [0.2, 0.25) is 0 Å². The predicted octanol–water partition coefficient (Wildman–Crippen LogP) is 4.23. The van der Waals surface area contributed by atoms with Crippen LogP contribution < -0.4 is 9.47 Å². The number of carbonyl (C=O) groups is 1. The number of hydrogen-bond acceptors (Lipinski definition) is 3. The van der Waals surface area contributed by atoms with Crippen LogP contribution >= 0.6 is 11.6 Å². The third kappa shape index (κ3) is 3.63. The first-order valence-corrected chi connectivity index (χ1v) is 7.17. The van der Waals surface area contributed by atoms with Crippen molar-refractivity contribution < 1.29 is 14.3 Å². The number of carbonyl (C=O) groups excluding carboxylic acids is 1. The van der Waals surface area contributed by atoms with Crippen molar-refractivity contribution in [1.82, 2.24) is 0 Å². The van der Waals surface area contributed by atoms with E-state index < -0.39 is 0 Å². The third-order valence-electron chi connectivity index (χ3n) is 3.43. The van der Waals surface area contributed by atoms with E-state index in [4.69, 9.17) is 21.1 Å². The van der Waals surface area contributed by atoms with E-state index in [-0.39, 0.29) is 18.0 Å². The zero-order valence-electron chi connectivity index (χ0n) is 11.2. The summed E-state index contributed by atoms with van der Waals surface area (Å²) in [4.78, 5) is 11.3. The second-order valence-corrected chi connectivity index (χ2v) is 5.25. The van der Waals surface area contributed by atoms with Crippen molar-refractivity contribution in [3.63, 3.8) is 0 Å². The number of hydrogen-bond donors (Lipinski definition) is 0. The number of rotatable bonds is 7. The summed E-state index contributed by atoms with van der Waals surface area (Å²) < 4.78 is 10.9. The predicted molar refractivity (Wildman–Crippen MR) is 74.9 cm³/mol. The molecule has 0 radical (unpaired) electrons. The number of benzene rings is 1. The van der Waals surface area contributed by atoms with Gasteiger partial charge in [0.05, 0.1) is 0 Å². The smallest absolute Gasteiger partial charge is 0.231 e. The fourth-order valence-electron chi connectivity index (χ4n) is 2.48. The zero-order chi connectivity index (χ0) is 13.7. The number of para-hydroxylation sites is 1. The van der Waals surface area contributed by atoms with Gasteiger partial charge in [0.1, 0.15) is 0 Å². The van der Waals surface area contributed by atoms with Crippen molar-refractivity contribution in [3.8, 4) is 11.5 Å². The summed E-state index contributed by atoms with van der Waals surface area (Å²) in [7, 11) is 0. The van der Waals surface area contributed by atoms with Crippen molar-refractivity contribution in [1.29, 1.82) is 0 Å². The first-order chi connectivity index (χ1) is 9.22. The Morgan fingerprint density at radius 3 is 2.95 bits per heavy atom. The van der Waals surface area contributed by atoms with E-state index in [1.165, 1.54) is 6.42 Å². The average Bonchev–Trinajstić information content (AvgIpc) is 2.85. The Labute approximate surface area is 118 Å². The Bertz CT molecular complexity index is 445. The Balaban J connectivity index is 2.17. The van der Waals surface area contributed by atoms with Gasteiger partial charge < -0.3 is 9.47 Å². The maximum atomic E-state index is 11.3. The number of halogens is 1. The summed E-state index contributed by atoms with van der Waals surface area (Å²) in [5, 5.41) is -0.294. The SMILES string of the molecule is CCCCC[C@H](CC(=O)Cl)c1cccc2c1OCO2. The van der Waals surface area contributed by atoms with Crippen LogP contribution in [0.5, 0.6) is 11.5 Å². The molecular formula is C15H19ClO3. The Morgan fingerprint density at radius 2 is 2.21 bits per heavy atom. The molecule has 0 aromatic heterocycles. The fourth-order valence-corrected chi connectivity index (χ4v) is 2.66. The molecule has 3 nitrogen and oxygen atoms in total. The van der Waals surface area contributed by atoms with Gasteiger partial charge in [0.25, 0.3) is 0 Å². The molecule has 0 saturated heterocycles. The maximum absolute atomic E-state index is 11.3. The summed E-state index contributed by atoms with van der Waals surface area (Å²) in [6, 6.07) is 5.83. The van der Waals surface area contributed by atoms with Crippen molar-refractivity contribution in [2.75, 3.05) is 6.79 Å². The average molecular weight is 283 g/mol. The van der Waals surface area contributed by atoms with E-state index in [9.17, 15) is 4.79 Å². The van der Waals surface area contributed by atoms with E-state index in [2.05, 4.69) is 6.92 Å². The fraction of sp³-hybridized carbons (Fsp3) is 0.533. The Hall–Kier alpha value is -1.22. The molecule has 1 aromatic carbocycles. The molecule has 0 saturated carbocycles. The summed E-state index contributed by atoms with van der Waals surface area (Å²) in [6.07, 6.45) is 4.72. The number of fused-ring (bicyclic) bond motifs is 1. The second kappa shape index (κ2) is 6.80. The van der Waals surface area contributed by atoms with Crippen LogP contribution in [0.1, 0.15) is 50.5 Å². The summed E-state index contributed by atoms with van der Waals surface area (Å²) in [5.41, 5.74) is 1.04. The molecule has 19 heavy (non-hydrogen) atoms. The van der Waals surface area contributed by atoms with Crippen LogP contribution in [0, 0.1) is 0 Å². The van der Waals surface area contributed by atoms with Crippen LogP contribution in [-0.4, -0.2) is 12.0 Å². The third-order valence-corrected chi connectivity index (χ3v) is 3.58. The summed E-state index contributed by atoms with van der Waals surface area (Å²) in [5.74, 6) is 1.66. The van der Waals surface area contributed by atoms with E-state index in [1.807, 2.05) is 18.2 Å². The lowest BCUT2D eigenvalue weighted by atomic mass is 9.90. The van der Waals surface area contributed by atoms with Gasteiger partial charge in [0.2, 0.25) is 12.0 Å².